The Morgan fingerprint density at radius 2 is 0.667 bits per heavy atom. The molecule has 0 spiro atoms. The van der Waals surface area contributed by atoms with E-state index >= 15 is 0 Å². The first-order valence-electron chi connectivity index (χ1n) is 5.93. The second-order valence-corrected chi connectivity index (χ2v) is 3.29. The number of hydrogen-bond acceptors (Lipinski definition) is 8. The summed E-state index contributed by atoms with van der Waals surface area (Å²) in [5.74, 6) is 0. The maximum absolute atomic E-state index is 8.25. The van der Waals surface area contributed by atoms with E-state index in [-0.39, 0.29) is 22.3 Å². The molecule has 1 saturated heterocycles. The maximum Gasteiger partial charge on any atom is 0.0701 e. The van der Waals surface area contributed by atoms with Crippen molar-refractivity contribution < 1.29 is 51.0 Å². The van der Waals surface area contributed by atoms with Crippen molar-refractivity contribution in [1.29, 1.82) is 0 Å². The number of rotatable bonds is 0. The Hall–Kier alpha value is -0.534. The Kier molecular flexibility index (Phi) is 26.3. The van der Waals surface area contributed by atoms with Crippen molar-refractivity contribution in [2.24, 2.45) is 0 Å². The summed E-state index contributed by atoms with van der Waals surface area (Å²) in [5.41, 5.74) is 0. The minimum absolute atomic E-state index is 0. The van der Waals surface area contributed by atoms with Gasteiger partial charge in [-0.25, -0.2) is 0 Å². The molecule has 10 nitrogen and oxygen atoms in total. The molecule has 1 heterocycles. The zero-order chi connectivity index (χ0) is 14.2. The van der Waals surface area contributed by atoms with Gasteiger partial charge in [-0.1, -0.05) is 0 Å². The van der Waals surface area contributed by atoms with Gasteiger partial charge in [0, 0.05) is 16.8 Å². The van der Waals surface area contributed by atoms with E-state index in [1.54, 1.807) is 0 Å². The van der Waals surface area contributed by atoms with E-state index < -0.39 is 5.09 Å². The third-order valence-corrected chi connectivity index (χ3v) is 1.86. The zero-order valence-electron chi connectivity index (χ0n) is 11.6. The fourth-order valence-corrected chi connectivity index (χ4v) is 1.10. The predicted octanol–water partition coefficient (Wildman–Crippen LogP) is -0.983. The molecule has 1 fully saturated rings. The molecule has 0 unspecified atom stereocenters. The molecule has 1 radical (unpaired) electrons. The largest absolute Gasteiger partial charge is 0.412 e. The van der Waals surface area contributed by atoms with Gasteiger partial charge in [0.15, 0.2) is 0 Å². The Balaban J connectivity index is -0.000000482. The summed E-state index contributed by atoms with van der Waals surface area (Å²) in [5, 5.41) is 14.8. The Morgan fingerprint density at radius 1 is 0.571 bits per heavy atom. The molecule has 0 bridgehead atoms. The van der Waals surface area contributed by atoms with E-state index in [9.17, 15) is 0 Å². The quantitative estimate of drug-likeness (QED) is 0.396. The van der Waals surface area contributed by atoms with Gasteiger partial charge in [0.2, 0.25) is 0 Å². The van der Waals surface area contributed by atoms with Gasteiger partial charge in [0.1, 0.15) is 0 Å². The fourth-order valence-electron chi connectivity index (χ4n) is 1.10. The van der Waals surface area contributed by atoms with Crippen LogP contribution in [0.5, 0.6) is 0 Å². The van der Waals surface area contributed by atoms with Crippen LogP contribution in [0, 0.1) is 15.3 Å². The van der Waals surface area contributed by atoms with Crippen LogP contribution in [0.2, 0.25) is 0 Å². The molecule has 1 aliphatic heterocycles. The Bertz CT molecular complexity index is 148. The van der Waals surface area contributed by atoms with Crippen molar-refractivity contribution in [2.75, 3.05) is 66.1 Å². The molecule has 0 aromatic rings. The molecule has 1 aliphatic rings. The van der Waals surface area contributed by atoms with Crippen LogP contribution in [0.25, 0.3) is 0 Å². The van der Waals surface area contributed by atoms with Gasteiger partial charge in [-0.2, -0.15) is 0 Å². The van der Waals surface area contributed by atoms with Gasteiger partial charge in [-0.15, -0.1) is 0 Å². The molecule has 0 aromatic heterocycles. The average Bonchev–Trinajstić information content (AvgIpc) is 2.36. The molecular weight excluding hydrogens is 337 g/mol. The third kappa shape index (κ3) is 28.4. The van der Waals surface area contributed by atoms with Crippen LogP contribution in [0.3, 0.4) is 0 Å². The first-order valence-corrected chi connectivity index (χ1v) is 5.93. The molecular formula is C10H22CoNO9-. The van der Waals surface area contributed by atoms with Gasteiger partial charge in [-0.05, 0) is 0 Å². The van der Waals surface area contributed by atoms with Crippen LogP contribution >= 0.6 is 0 Å². The van der Waals surface area contributed by atoms with E-state index in [1.807, 2.05) is 0 Å². The first-order chi connectivity index (χ1) is 9.23. The Morgan fingerprint density at radius 3 is 0.762 bits per heavy atom. The van der Waals surface area contributed by atoms with Gasteiger partial charge >= 0.3 is 0 Å². The van der Waals surface area contributed by atoms with Crippen molar-refractivity contribution in [3.63, 3.8) is 0 Å². The second kappa shape index (κ2) is 21.8. The molecule has 0 atom stereocenters. The smallest absolute Gasteiger partial charge is 0.0701 e. The van der Waals surface area contributed by atoms with Gasteiger partial charge in [-0.3, -0.25) is 0 Å². The van der Waals surface area contributed by atoms with Crippen LogP contribution in [0.15, 0.2) is 0 Å². The summed E-state index contributed by atoms with van der Waals surface area (Å²) in [7, 11) is 0. The van der Waals surface area contributed by atoms with Gasteiger partial charge in [0.05, 0.1) is 71.2 Å². The first kappa shape index (κ1) is 25.4. The van der Waals surface area contributed by atoms with Gasteiger partial charge in [0.25, 0.3) is 0 Å². The Labute approximate surface area is 133 Å². The molecule has 0 saturated carbocycles. The third-order valence-electron chi connectivity index (χ3n) is 1.86. The van der Waals surface area contributed by atoms with Crippen LogP contribution in [-0.2, 0) is 40.5 Å². The zero-order valence-corrected chi connectivity index (χ0v) is 12.7. The molecule has 0 aromatic carbocycles. The van der Waals surface area contributed by atoms with E-state index in [4.69, 9.17) is 39.0 Å². The standard InChI is InChI=1S/C10H20O5.Co.NO3.H2O/c1-2-12-5-6-14-9-10-15-8-7-13-4-3-11-1;;2-1(3)4;/h1-10H2;;;1H2/q;;-1;. The minimum Gasteiger partial charge on any atom is -0.412 e. The minimum atomic E-state index is -1.75. The van der Waals surface area contributed by atoms with Crippen molar-refractivity contribution >= 4 is 0 Å². The molecule has 11 heteroatoms. The number of nitrogens with zero attached hydrogens (tertiary/aromatic N) is 1. The molecule has 0 amide bonds. The van der Waals surface area contributed by atoms with Crippen LogP contribution in [0.4, 0.5) is 0 Å². The van der Waals surface area contributed by atoms with E-state index in [1.165, 1.54) is 0 Å². The average molecular weight is 359 g/mol. The van der Waals surface area contributed by atoms with Gasteiger partial charge < -0.3 is 44.5 Å². The normalized spacial score (nSPS) is 18.3. The molecule has 1 rings (SSSR count). The monoisotopic (exact) mass is 359 g/mol. The fraction of sp³-hybridized carbons (Fsp3) is 1.00. The molecule has 0 aliphatic carbocycles. The maximum atomic E-state index is 8.25. The summed E-state index contributed by atoms with van der Waals surface area (Å²) in [6.07, 6.45) is 0. The molecule has 131 valence electrons. The van der Waals surface area contributed by atoms with Crippen molar-refractivity contribution in [3.05, 3.63) is 15.3 Å². The van der Waals surface area contributed by atoms with Crippen LogP contribution in [-0.4, -0.2) is 76.6 Å². The molecule has 21 heavy (non-hydrogen) atoms. The number of hydrogen-bond donors (Lipinski definition) is 0. The summed E-state index contributed by atoms with van der Waals surface area (Å²) in [6.45, 7) is 6.11. The van der Waals surface area contributed by atoms with E-state index in [0.29, 0.717) is 66.1 Å². The molecule has 2 N–H and O–H groups in total. The van der Waals surface area contributed by atoms with Crippen LogP contribution in [0.1, 0.15) is 0 Å². The van der Waals surface area contributed by atoms with Crippen molar-refractivity contribution in [1.82, 2.24) is 0 Å². The van der Waals surface area contributed by atoms with Crippen molar-refractivity contribution in [2.45, 2.75) is 0 Å². The summed E-state index contributed by atoms with van der Waals surface area (Å²) in [6, 6.07) is 0. The van der Waals surface area contributed by atoms with E-state index in [0.717, 1.165) is 0 Å². The summed E-state index contributed by atoms with van der Waals surface area (Å²) >= 11 is 0. The van der Waals surface area contributed by atoms with Crippen molar-refractivity contribution in [3.8, 4) is 0 Å². The van der Waals surface area contributed by atoms with Crippen LogP contribution < -0.4 is 0 Å². The summed E-state index contributed by atoms with van der Waals surface area (Å²) < 4.78 is 26.4. The topological polar surface area (TPSA) is 144 Å². The second-order valence-electron chi connectivity index (χ2n) is 3.29. The number of ether oxygens (including phenoxy) is 5. The predicted molar refractivity (Wildman–Crippen MR) is 68.1 cm³/mol. The SMILES string of the molecule is C1COCCOCCOCCOCCO1.O.O=[N+]([O-])[O-].[Co]. The van der Waals surface area contributed by atoms with E-state index in [2.05, 4.69) is 0 Å². The summed E-state index contributed by atoms with van der Waals surface area (Å²) in [4.78, 5) is 8.25.